The van der Waals surface area contributed by atoms with Crippen molar-refractivity contribution in [2.75, 3.05) is 0 Å². The standard InChI is InChI=1S/C17H18O4/c18-12-6-7-17(21)10-2-1-3-11(12)15(17)14-9(8-10)4-5-13(19)16(14)20/h4-5,8,10-11,15,20-21H,1-3,6-7H2/t10-,11?,15?,17-/m1/s1. The minimum Gasteiger partial charge on any atom is -0.504 e. The first kappa shape index (κ1) is 13.0. The first-order valence-corrected chi connectivity index (χ1v) is 7.65. The smallest absolute Gasteiger partial charge is 0.220 e. The lowest BCUT2D eigenvalue weighted by atomic mass is 9.57. The molecule has 2 fully saturated rings. The van der Waals surface area contributed by atoms with E-state index in [1.807, 2.05) is 6.08 Å². The molecule has 4 aliphatic rings. The summed E-state index contributed by atoms with van der Waals surface area (Å²) in [6, 6.07) is 0. The normalized spacial score (nSPS) is 41.6. The molecule has 0 aromatic heterocycles. The highest BCUT2D eigenvalue weighted by Gasteiger charge is 2.57. The van der Waals surface area contributed by atoms with Crippen molar-refractivity contribution in [2.24, 2.45) is 17.8 Å². The van der Waals surface area contributed by atoms with Crippen molar-refractivity contribution in [1.82, 2.24) is 0 Å². The van der Waals surface area contributed by atoms with Gasteiger partial charge in [0.2, 0.25) is 5.78 Å². The third-order valence-corrected chi connectivity index (χ3v) is 5.70. The van der Waals surface area contributed by atoms with E-state index >= 15 is 0 Å². The summed E-state index contributed by atoms with van der Waals surface area (Å²) in [6.07, 6.45) is 8.38. The molecule has 4 atom stereocenters. The molecule has 2 N–H and O–H groups in total. The first-order valence-electron chi connectivity index (χ1n) is 7.65. The Morgan fingerprint density at radius 2 is 2.00 bits per heavy atom. The Hall–Kier alpha value is -1.68. The van der Waals surface area contributed by atoms with Gasteiger partial charge in [-0.2, -0.15) is 0 Å². The van der Waals surface area contributed by atoms with E-state index in [0.29, 0.717) is 18.4 Å². The van der Waals surface area contributed by atoms with Gasteiger partial charge in [-0.3, -0.25) is 9.59 Å². The number of ketones is 2. The summed E-state index contributed by atoms with van der Waals surface area (Å²) in [6.45, 7) is 0. The van der Waals surface area contributed by atoms with Crippen molar-refractivity contribution in [3.63, 3.8) is 0 Å². The fourth-order valence-corrected chi connectivity index (χ4v) is 4.72. The molecule has 0 radical (unpaired) electrons. The van der Waals surface area contributed by atoms with Crippen molar-refractivity contribution in [3.05, 3.63) is 35.1 Å². The summed E-state index contributed by atoms with van der Waals surface area (Å²) in [5.41, 5.74) is 0.322. The zero-order valence-corrected chi connectivity index (χ0v) is 11.7. The van der Waals surface area contributed by atoms with Crippen molar-refractivity contribution >= 4 is 11.6 Å². The topological polar surface area (TPSA) is 74.6 Å². The van der Waals surface area contributed by atoms with E-state index in [-0.39, 0.29) is 23.4 Å². The molecule has 2 unspecified atom stereocenters. The highest BCUT2D eigenvalue weighted by atomic mass is 16.3. The van der Waals surface area contributed by atoms with Gasteiger partial charge in [-0.05, 0) is 30.9 Å². The Morgan fingerprint density at radius 3 is 2.81 bits per heavy atom. The van der Waals surface area contributed by atoms with Crippen LogP contribution >= 0.6 is 0 Å². The molecule has 4 nitrogen and oxygen atoms in total. The van der Waals surface area contributed by atoms with E-state index in [1.165, 1.54) is 6.08 Å². The third kappa shape index (κ3) is 1.59. The molecular weight excluding hydrogens is 268 g/mol. The average Bonchev–Trinajstić information content (AvgIpc) is 2.53. The highest BCUT2D eigenvalue weighted by molar-refractivity contribution is 6.05. The lowest BCUT2D eigenvalue weighted by Crippen LogP contribution is -2.55. The van der Waals surface area contributed by atoms with E-state index in [1.54, 1.807) is 6.08 Å². The lowest BCUT2D eigenvalue weighted by molar-refractivity contribution is -0.141. The van der Waals surface area contributed by atoms with Gasteiger partial charge in [0, 0.05) is 29.7 Å². The Labute approximate surface area is 122 Å². The van der Waals surface area contributed by atoms with Gasteiger partial charge in [-0.15, -0.1) is 0 Å². The van der Waals surface area contributed by atoms with Crippen LogP contribution in [0.2, 0.25) is 0 Å². The molecule has 4 bridgehead atoms. The molecule has 4 heteroatoms. The summed E-state index contributed by atoms with van der Waals surface area (Å²) in [7, 11) is 0. The molecule has 110 valence electrons. The van der Waals surface area contributed by atoms with E-state index < -0.39 is 17.3 Å². The number of aliphatic hydroxyl groups is 2. The van der Waals surface area contributed by atoms with Gasteiger partial charge in [-0.25, -0.2) is 0 Å². The molecule has 4 aliphatic carbocycles. The van der Waals surface area contributed by atoms with Crippen molar-refractivity contribution in [3.8, 4) is 0 Å². The van der Waals surface area contributed by atoms with E-state index in [9.17, 15) is 19.8 Å². The second-order valence-electron chi connectivity index (χ2n) is 6.66. The molecule has 0 aromatic carbocycles. The predicted molar refractivity (Wildman–Crippen MR) is 75.4 cm³/mol. The molecule has 4 rings (SSSR count). The number of hydrogen-bond acceptors (Lipinski definition) is 4. The quantitative estimate of drug-likeness (QED) is 0.714. The molecule has 21 heavy (non-hydrogen) atoms. The van der Waals surface area contributed by atoms with E-state index in [2.05, 4.69) is 0 Å². The third-order valence-electron chi connectivity index (χ3n) is 5.70. The number of aliphatic hydroxyl groups excluding tert-OH is 1. The Balaban J connectivity index is 1.98. The van der Waals surface area contributed by atoms with Gasteiger partial charge in [-0.1, -0.05) is 18.6 Å². The van der Waals surface area contributed by atoms with E-state index in [0.717, 1.165) is 24.8 Å². The van der Waals surface area contributed by atoms with Crippen LogP contribution in [0.3, 0.4) is 0 Å². The Kier molecular flexibility index (Phi) is 2.58. The number of fused-ring (bicyclic) bond motifs is 1. The molecule has 0 saturated heterocycles. The van der Waals surface area contributed by atoms with Crippen LogP contribution in [0.5, 0.6) is 0 Å². The number of carbonyl (C=O) groups is 2. The summed E-state index contributed by atoms with van der Waals surface area (Å²) in [5, 5.41) is 21.5. The minimum atomic E-state index is -0.993. The monoisotopic (exact) mass is 286 g/mol. The predicted octanol–water partition coefficient (Wildman–Crippen LogP) is 2.00. The van der Waals surface area contributed by atoms with Crippen molar-refractivity contribution in [2.45, 2.75) is 37.7 Å². The van der Waals surface area contributed by atoms with Gasteiger partial charge >= 0.3 is 0 Å². The summed E-state index contributed by atoms with van der Waals surface area (Å²) in [5.74, 6) is -1.25. The molecule has 0 heterocycles. The maximum Gasteiger partial charge on any atom is 0.220 e. The van der Waals surface area contributed by atoms with Crippen LogP contribution in [0.15, 0.2) is 35.1 Å². The molecule has 2 saturated carbocycles. The molecule has 0 aliphatic heterocycles. The van der Waals surface area contributed by atoms with Gasteiger partial charge in [0.1, 0.15) is 5.78 Å². The van der Waals surface area contributed by atoms with Crippen LogP contribution < -0.4 is 0 Å². The van der Waals surface area contributed by atoms with Crippen LogP contribution in [0.4, 0.5) is 0 Å². The fraction of sp³-hybridized carbons (Fsp3) is 0.529. The van der Waals surface area contributed by atoms with Crippen LogP contribution in [-0.2, 0) is 9.59 Å². The molecule has 0 amide bonds. The summed E-state index contributed by atoms with van der Waals surface area (Å²) >= 11 is 0. The minimum absolute atomic E-state index is 0.00463. The van der Waals surface area contributed by atoms with Crippen LogP contribution in [0.1, 0.15) is 32.1 Å². The maximum atomic E-state index is 12.3. The van der Waals surface area contributed by atoms with E-state index in [4.69, 9.17) is 0 Å². The molecule has 0 spiro atoms. The average molecular weight is 286 g/mol. The zero-order chi connectivity index (χ0) is 14.8. The number of allylic oxidation sites excluding steroid dienone is 3. The largest absolute Gasteiger partial charge is 0.504 e. The number of carbonyl (C=O) groups excluding carboxylic acids is 2. The number of hydrogen-bond donors (Lipinski definition) is 2. The van der Waals surface area contributed by atoms with Crippen LogP contribution in [-0.4, -0.2) is 27.4 Å². The summed E-state index contributed by atoms with van der Waals surface area (Å²) in [4.78, 5) is 24.1. The lowest BCUT2D eigenvalue weighted by Gasteiger charge is -2.50. The van der Waals surface area contributed by atoms with Gasteiger partial charge < -0.3 is 10.2 Å². The summed E-state index contributed by atoms with van der Waals surface area (Å²) < 4.78 is 0. The van der Waals surface area contributed by atoms with Gasteiger partial charge in [0.15, 0.2) is 5.76 Å². The SMILES string of the molecule is O=C1C=CC2=C[C@H]3CCCC4C(=O)CC[C@]3(O)C4C2=C1O. The van der Waals surface area contributed by atoms with Gasteiger partial charge in [0.25, 0.3) is 0 Å². The second kappa shape index (κ2) is 4.17. The number of Topliss-reactive ketones (excluding diaryl/α,β-unsaturated/α-hetero) is 1. The van der Waals surface area contributed by atoms with Crippen LogP contribution in [0, 0.1) is 17.8 Å². The zero-order valence-electron chi connectivity index (χ0n) is 11.7. The maximum absolute atomic E-state index is 12.3. The van der Waals surface area contributed by atoms with Gasteiger partial charge in [0.05, 0.1) is 5.60 Å². The number of rotatable bonds is 0. The second-order valence-corrected chi connectivity index (χ2v) is 6.66. The molecule has 0 aromatic rings. The Morgan fingerprint density at radius 1 is 1.19 bits per heavy atom. The fourth-order valence-electron chi connectivity index (χ4n) is 4.72. The molecular formula is C17H18O4. The Bertz CT molecular complexity index is 639. The highest BCUT2D eigenvalue weighted by Crippen LogP contribution is 2.56. The van der Waals surface area contributed by atoms with Crippen molar-refractivity contribution in [1.29, 1.82) is 0 Å². The van der Waals surface area contributed by atoms with Crippen molar-refractivity contribution < 1.29 is 19.8 Å². The van der Waals surface area contributed by atoms with Crippen LogP contribution in [0.25, 0.3) is 0 Å². The first-order chi connectivity index (χ1) is 10.0.